The van der Waals surface area contributed by atoms with E-state index in [9.17, 15) is 9.59 Å². The highest BCUT2D eigenvalue weighted by atomic mass is 32.1. The Morgan fingerprint density at radius 2 is 2.38 bits per heavy atom. The molecule has 2 rings (SSSR count). The number of amides is 1. The molecule has 0 spiro atoms. The van der Waals surface area contributed by atoms with Crippen LogP contribution in [0.15, 0.2) is 0 Å². The van der Waals surface area contributed by atoms with Crippen LogP contribution in [0.2, 0.25) is 0 Å². The van der Waals surface area contributed by atoms with Gasteiger partial charge in [-0.3, -0.25) is 9.69 Å². The third-order valence-electron chi connectivity index (χ3n) is 3.29. The smallest absolute Gasteiger partial charge is 0.347 e. The zero-order valence-corrected chi connectivity index (χ0v) is 12.4. The number of hydrogen-bond donors (Lipinski definition) is 2. The first-order chi connectivity index (χ1) is 9.99. The molecule has 0 saturated carbocycles. The van der Waals surface area contributed by atoms with Gasteiger partial charge >= 0.3 is 5.97 Å². The quantitative estimate of drug-likeness (QED) is 0.869. The molecule has 0 bridgehead atoms. The van der Waals surface area contributed by atoms with E-state index in [4.69, 9.17) is 10.4 Å². The van der Waals surface area contributed by atoms with Crippen LogP contribution in [0.25, 0.3) is 0 Å². The largest absolute Gasteiger partial charge is 0.477 e. The molecule has 112 valence electrons. The molecule has 1 saturated heterocycles. The number of likely N-dealkylation sites (tertiary alicyclic amines) is 1. The van der Waals surface area contributed by atoms with Gasteiger partial charge in [-0.25, -0.2) is 9.78 Å². The molecule has 2 heterocycles. The zero-order chi connectivity index (χ0) is 15.4. The molecule has 1 unspecified atom stereocenters. The number of piperidine rings is 1. The number of anilines is 1. The Kier molecular flexibility index (Phi) is 4.88. The number of carboxylic acid groups (broad SMARTS) is 1. The van der Waals surface area contributed by atoms with E-state index in [-0.39, 0.29) is 23.2 Å². The van der Waals surface area contributed by atoms with Crippen LogP contribution < -0.4 is 5.32 Å². The van der Waals surface area contributed by atoms with Crippen LogP contribution in [0.4, 0.5) is 5.13 Å². The lowest BCUT2D eigenvalue weighted by atomic mass is 10.00. The Morgan fingerprint density at radius 1 is 1.62 bits per heavy atom. The van der Waals surface area contributed by atoms with Crippen molar-refractivity contribution in [2.75, 3.05) is 25.0 Å². The molecule has 1 amide bonds. The van der Waals surface area contributed by atoms with E-state index in [1.54, 1.807) is 6.92 Å². The van der Waals surface area contributed by atoms with Crippen LogP contribution >= 0.6 is 11.3 Å². The second-order valence-corrected chi connectivity index (χ2v) is 5.99. The Morgan fingerprint density at radius 3 is 3.00 bits per heavy atom. The summed E-state index contributed by atoms with van der Waals surface area (Å²) in [6, 6.07) is 2.23. The van der Waals surface area contributed by atoms with Crippen molar-refractivity contribution in [2.24, 2.45) is 5.92 Å². The Bertz CT molecular complexity index is 593. The molecule has 7 nitrogen and oxygen atoms in total. The predicted molar refractivity (Wildman–Crippen MR) is 77.2 cm³/mol. The van der Waals surface area contributed by atoms with E-state index in [0.29, 0.717) is 17.4 Å². The molecular formula is C13H16N4O3S. The van der Waals surface area contributed by atoms with Crippen LogP contribution in [-0.4, -0.2) is 46.5 Å². The van der Waals surface area contributed by atoms with Crippen LogP contribution in [0.3, 0.4) is 0 Å². The van der Waals surface area contributed by atoms with E-state index in [2.05, 4.69) is 16.4 Å². The number of nitrogens with zero attached hydrogens (tertiary/aromatic N) is 3. The second kappa shape index (κ2) is 6.65. The number of aromatic carboxylic acids is 1. The molecule has 1 fully saturated rings. The number of carbonyl (C=O) groups is 2. The number of nitrogens with one attached hydrogen (secondary N) is 1. The lowest BCUT2D eigenvalue weighted by molar-refractivity contribution is -0.117. The van der Waals surface area contributed by atoms with Gasteiger partial charge in [0.2, 0.25) is 5.91 Å². The van der Waals surface area contributed by atoms with E-state index >= 15 is 0 Å². The van der Waals surface area contributed by atoms with Gasteiger partial charge in [-0.15, -0.1) is 0 Å². The van der Waals surface area contributed by atoms with Gasteiger partial charge in [-0.1, -0.05) is 11.3 Å². The van der Waals surface area contributed by atoms with Crippen LogP contribution in [0.1, 0.15) is 28.2 Å². The highest BCUT2D eigenvalue weighted by Gasteiger charge is 2.22. The number of aryl methyl sites for hydroxylation is 1. The summed E-state index contributed by atoms with van der Waals surface area (Å²) in [5, 5.41) is 20.8. The first-order valence-corrected chi connectivity index (χ1v) is 7.43. The standard InChI is InChI=1S/C13H16N4O3S/c1-8-11(12(19)20)21-13(15-8)16-10(18)7-17-4-2-3-9(5-14)6-17/h9H,2-4,6-7H2,1H3,(H,19,20)(H,15,16,18). The molecule has 0 aliphatic carbocycles. The van der Waals surface area contributed by atoms with Crippen LogP contribution in [0, 0.1) is 24.2 Å². The maximum absolute atomic E-state index is 11.9. The molecule has 1 aromatic rings. The van der Waals surface area contributed by atoms with Gasteiger partial charge in [0.15, 0.2) is 5.13 Å². The predicted octanol–water partition coefficient (Wildman–Crippen LogP) is 1.32. The van der Waals surface area contributed by atoms with Crippen molar-refractivity contribution >= 4 is 28.3 Å². The van der Waals surface area contributed by atoms with Crippen molar-refractivity contribution in [2.45, 2.75) is 19.8 Å². The van der Waals surface area contributed by atoms with Gasteiger partial charge in [0.25, 0.3) is 0 Å². The molecule has 1 atom stereocenters. The molecule has 1 aromatic heterocycles. The van der Waals surface area contributed by atoms with Crippen molar-refractivity contribution in [3.63, 3.8) is 0 Å². The number of carboxylic acids is 1. The molecule has 0 radical (unpaired) electrons. The SMILES string of the molecule is Cc1nc(NC(=O)CN2CCCC(C#N)C2)sc1C(=O)O. The molecule has 0 aromatic carbocycles. The molecule has 21 heavy (non-hydrogen) atoms. The summed E-state index contributed by atoms with van der Waals surface area (Å²) >= 11 is 0.950. The fourth-order valence-corrected chi connectivity index (χ4v) is 3.14. The maximum Gasteiger partial charge on any atom is 0.347 e. The Balaban J connectivity index is 1.91. The summed E-state index contributed by atoms with van der Waals surface area (Å²) in [6.45, 7) is 3.18. The van der Waals surface area contributed by atoms with Crippen molar-refractivity contribution in [3.05, 3.63) is 10.6 Å². The average molecular weight is 308 g/mol. The molecule has 1 aliphatic heterocycles. The molecule has 8 heteroatoms. The maximum atomic E-state index is 11.9. The van der Waals surface area contributed by atoms with E-state index in [1.165, 1.54) is 0 Å². The number of nitriles is 1. The van der Waals surface area contributed by atoms with Gasteiger partial charge in [-0.05, 0) is 26.3 Å². The number of thiazole rings is 1. The summed E-state index contributed by atoms with van der Waals surface area (Å²) in [7, 11) is 0. The van der Waals surface area contributed by atoms with E-state index < -0.39 is 5.97 Å². The number of hydrogen-bond acceptors (Lipinski definition) is 6. The first kappa shape index (κ1) is 15.4. The normalized spacial score (nSPS) is 19.0. The van der Waals surface area contributed by atoms with E-state index in [0.717, 1.165) is 30.7 Å². The van der Waals surface area contributed by atoms with Gasteiger partial charge in [0.05, 0.1) is 24.2 Å². The van der Waals surface area contributed by atoms with Gasteiger partial charge in [-0.2, -0.15) is 5.26 Å². The lowest BCUT2D eigenvalue weighted by Gasteiger charge is -2.28. The minimum absolute atomic E-state index is 0.0210. The highest BCUT2D eigenvalue weighted by molar-refractivity contribution is 7.17. The van der Waals surface area contributed by atoms with Gasteiger partial charge in [0, 0.05) is 6.54 Å². The highest BCUT2D eigenvalue weighted by Crippen LogP contribution is 2.22. The van der Waals surface area contributed by atoms with Crippen LogP contribution in [-0.2, 0) is 4.79 Å². The number of rotatable bonds is 4. The Labute approximate surface area is 126 Å². The summed E-state index contributed by atoms with van der Waals surface area (Å²) in [5.74, 6) is -1.30. The zero-order valence-electron chi connectivity index (χ0n) is 11.6. The van der Waals surface area contributed by atoms with Gasteiger partial charge in [0.1, 0.15) is 4.88 Å². The van der Waals surface area contributed by atoms with Crippen molar-refractivity contribution in [3.8, 4) is 6.07 Å². The molecule has 1 aliphatic rings. The van der Waals surface area contributed by atoms with Crippen molar-refractivity contribution in [1.29, 1.82) is 5.26 Å². The van der Waals surface area contributed by atoms with Gasteiger partial charge < -0.3 is 10.4 Å². The monoisotopic (exact) mass is 308 g/mol. The topological polar surface area (TPSA) is 106 Å². The second-order valence-electron chi connectivity index (χ2n) is 4.99. The lowest BCUT2D eigenvalue weighted by Crippen LogP contribution is -2.40. The van der Waals surface area contributed by atoms with Crippen molar-refractivity contribution < 1.29 is 14.7 Å². The molecular weight excluding hydrogens is 292 g/mol. The third kappa shape index (κ3) is 4.00. The number of aromatic nitrogens is 1. The summed E-state index contributed by atoms with van der Waals surface area (Å²) < 4.78 is 0. The summed E-state index contributed by atoms with van der Waals surface area (Å²) in [6.07, 6.45) is 1.79. The summed E-state index contributed by atoms with van der Waals surface area (Å²) in [5.41, 5.74) is 0.394. The fourth-order valence-electron chi connectivity index (χ4n) is 2.31. The molecule has 2 N–H and O–H groups in total. The average Bonchev–Trinajstić information content (AvgIpc) is 2.79. The fraction of sp³-hybridized carbons (Fsp3) is 0.538. The third-order valence-corrected chi connectivity index (χ3v) is 4.35. The summed E-state index contributed by atoms with van der Waals surface area (Å²) in [4.78, 5) is 29.0. The minimum Gasteiger partial charge on any atom is -0.477 e. The Hall–Kier alpha value is -1.98. The minimum atomic E-state index is -1.04. The number of carbonyl (C=O) groups excluding carboxylic acids is 1. The van der Waals surface area contributed by atoms with E-state index in [1.807, 2.05) is 4.90 Å². The first-order valence-electron chi connectivity index (χ1n) is 6.62. The van der Waals surface area contributed by atoms with Crippen LogP contribution in [0.5, 0.6) is 0 Å². The van der Waals surface area contributed by atoms with Crippen molar-refractivity contribution in [1.82, 2.24) is 9.88 Å².